The fourth-order valence-electron chi connectivity index (χ4n) is 3.27. The van der Waals surface area contributed by atoms with E-state index in [9.17, 15) is 8.78 Å². The first kappa shape index (κ1) is 16.7. The molecule has 0 atom stereocenters. The summed E-state index contributed by atoms with van der Waals surface area (Å²) in [6.45, 7) is 11.8. The van der Waals surface area contributed by atoms with Crippen LogP contribution in [0.1, 0.15) is 49.9 Å². The van der Waals surface area contributed by atoms with E-state index in [1.807, 2.05) is 0 Å². The second kappa shape index (κ2) is 5.49. The van der Waals surface area contributed by atoms with Gasteiger partial charge in [-0.3, -0.25) is 0 Å². The van der Waals surface area contributed by atoms with Crippen molar-refractivity contribution in [3.8, 4) is 11.1 Å². The van der Waals surface area contributed by atoms with Crippen LogP contribution in [0.25, 0.3) is 11.1 Å². The van der Waals surface area contributed by atoms with Crippen LogP contribution in [0.3, 0.4) is 0 Å². The molecule has 118 valence electrons. The predicted molar refractivity (Wildman–Crippen MR) is 89.6 cm³/mol. The molecule has 0 radical (unpaired) electrons. The van der Waals surface area contributed by atoms with Crippen molar-refractivity contribution in [1.82, 2.24) is 0 Å². The van der Waals surface area contributed by atoms with E-state index in [4.69, 9.17) is 0 Å². The molecule has 0 aliphatic heterocycles. The second-order valence-electron chi connectivity index (χ2n) is 7.20. The van der Waals surface area contributed by atoms with Crippen molar-refractivity contribution in [3.63, 3.8) is 0 Å². The minimum Gasteiger partial charge on any atom is -0.202 e. The Kier molecular flexibility index (Phi) is 4.16. The van der Waals surface area contributed by atoms with Crippen LogP contribution in [0, 0.1) is 13.8 Å². The number of rotatable bonds is 2. The first-order valence-electron chi connectivity index (χ1n) is 7.60. The lowest BCUT2D eigenvalue weighted by Gasteiger charge is -2.25. The molecule has 2 heteroatoms. The molecule has 0 saturated heterocycles. The number of alkyl halides is 2. The number of hydrogen-bond donors (Lipinski definition) is 0. The summed E-state index contributed by atoms with van der Waals surface area (Å²) in [5, 5.41) is 0. The molecule has 0 aliphatic carbocycles. The minimum absolute atomic E-state index is 0.0519. The van der Waals surface area contributed by atoms with Crippen LogP contribution in [0.5, 0.6) is 0 Å². The van der Waals surface area contributed by atoms with Gasteiger partial charge in [-0.05, 0) is 47.1 Å². The Labute approximate surface area is 132 Å². The summed E-state index contributed by atoms with van der Waals surface area (Å²) in [7, 11) is 0. The maximum absolute atomic E-state index is 13.3. The molecule has 0 nitrogen and oxygen atoms in total. The van der Waals surface area contributed by atoms with Crippen LogP contribution in [0.4, 0.5) is 8.78 Å². The van der Waals surface area contributed by atoms with Gasteiger partial charge in [-0.15, -0.1) is 0 Å². The van der Waals surface area contributed by atoms with Crippen molar-refractivity contribution in [2.45, 2.75) is 52.9 Å². The van der Waals surface area contributed by atoms with Crippen molar-refractivity contribution < 1.29 is 8.78 Å². The average Bonchev–Trinajstić information content (AvgIpc) is 2.35. The smallest absolute Gasteiger partial charge is 0.202 e. The molecular formula is C20H24F2. The van der Waals surface area contributed by atoms with Crippen LogP contribution in [0.2, 0.25) is 0 Å². The highest BCUT2D eigenvalue weighted by Crippen LogP contribution is 2.34. The van der Waals surface area contributed by atoms with Gasteiger partial charge in [0, 0.05) is 12.5 Å². The van der Waals surface area contributed by atoms with Gasteiger partial charge in [0.05, 0.1) is 0 Å². The lowest BCUT2D eigenvalue weighted by Crippen LogP contribution is -2.15. The Morgan fingerprint density at radius 1 is 0.727 bits per heavy atom. The zero-order chi connectivity index (χ0) is 16.7. The first-order valence-corrected chi connectivity index (χ1v) is 7.60. The first-order chi connectivity index (χ1) is 10.00. The molecule has 0 heterocycles. The van der Waals surface area contributed by atoms with Crippen molar-refractivity contribution >= 4 is 0 Å². The van der Waals surface area contributed by atoms with E-state index in [1.165, 1.54) is 28.8 Å². The van der Waals surface area contributed by atoms with E-state index in [1.54, 1.807) is 12.1 Å². The highest BCUT2D eigenvalue weighted by molar-refractivity contribution is 5.67. The minimum atomic E-state index is -2.79. The molecule has 0 amide bonds. The highest BCUT2D eigenvalue weighted by atomic mass is 19.3. The molecule has 0 fully saturated rings. The molecule has 2 aromatic rings. The molecule has 0 unspecified atom stereocenters. The summed E-state index contributed by atoms with van der Waals surface area (Å²) >= 11 is 0. The summed E-state index contributed by atoms with van der Waals surface area (Å²) in [6.07, 6.45) is 0. The van der Waals surface area contributed by atoms with Gasteiger partial charge in [0.15, 0.2) is 0 Å². The number of hydrogen-bond acceptors (Lipinski definition) is 0. The van der Waals surface area contributed by atoms with E-state index < -0.39 is 5.92 Å². The van der Waals surface area contributed by atoms with Crippen LogP contribution in [0.15, 0.2) is 36.4 Å². The molecule has 0 bridgehead atoms. The second-order valence-corrected chi connectivity index (χ2v) is 7.20. The quantitative estimate of drug-likeness (QED) is 0.604. The fraction of sp³-hybridized carbons (Fsp3) is 0.400. The largest absolute Gasteiger partial charge is 0.270 e. The Hall–Kier alpha value is -1.70. The van der Waals surface area contributed by atoms with Crippen LogP contribution < -0.4 is 0 Å². The Morgan fingerprint density at radius 3 is 1.55 bits per heavy atom. The third-order valence-electron chi connectivity index (χ3n) is 4.01. The van der Waals surface area contributed by atoms with Gasteiger partial charge >= 0.3 is 0 Å². The van der Waals surface area contributed by atoms with E-state index in [0.717, 1.165) is 18.1 Å². The standard InChI is InChI=1S/C20H24F2/c1-13-11-16(12-14(2)18(13)19(3,4)5)15-7-9-17(10-8-15)20(6,21)22/h7-12H,1-6H3. The maximum Gasteiger partial charge on any atom is 0.270 e. The van der Waals surface area contributed by atoms with Crippen LogP contribution in [-0.4, -0.2) is 0 Å². The molecule has 0 N–H and O–H groups in total. The molecule has 0 aromatic heterocycles. The third-order valence-corrected chi connectivity index (χ3v) is 4.01. The topological polar surface area (TPSA) is 0 Å². The van der Waals surface area contributed by atoms with Gasteiger partial charge in [0.25, 0.3) is 5.92 Å². The summed E-state index contributed by atoms with van der Waals surface area (Å²) in [5.41, 5.74) is 6.04. The SMILES string of the molecule is Cc1cc(-c2ccc(C(C)(F)F)cc2)cc(C)c1C(C)(C)C. The monoisotopic (exact) mass is 302 g/mol. The predicted octanol–water partition coefficient (Wildman–Crippen LogP) is 6.38. The maximum atomic E-state index is 13.3. The number of benzene rings is 2. The summed E-state index contributed by atoms with van der Waals surface area (Å²) in [5.74, 6) is -2.79. The lowest BCUT2D eigenvalue weighted by atomic mass is 9.80. The van der Waals surface area contributed by atoms with Gasteiger partial charge in [-0.25, -0.2) is 8.78 Å². The summed E-state index contributed by atoms with van der Waals surface area (Å²) < 4.78 is 26.6. The molecule has 0 saturated carbocycles. The van der Waals surface area contributed by atoms with E-state index >= 15 is 0 Å². The van der Waals surface area contributed by atoms with E-state index in [2.05, 4.69) is 46.8 Å². The summed E-state index contributed by atoms with van der Waals surface area (Å²) in [6, 6.07) is 10.9. The molecular weight excluding hydrogens is 278 g/mol. The van der Waals surface area contributed by atoms with Crippen LogP contribution >= 0.6 is 0 Å². The van der Waals surface area contributed by atoms with Crippen molar-refractivity contribution in [3.05, 3.63) is 58.7 Å². The van der Waals surface area contributed by atoms with Gasteiger partial charge < -0.3 is 0 Å². The number of aryl methyl sites for hydroxylation is 2. The zero-order valence-corrected chi connectivity index (χ0v) is 14.2. The fourth-order valence-corrected chi connectivity index (χ4v) is 3.27. The Bertz CT molecular complexity index is 645. The number of halogens is 2. The normalized spacial score (nSPS) is 12.5. The van der Waals surface area contributed by atoms with Gasteiger partial charge in [0.2, 0.25) is 0 Å². The zero-order valence-electron chi connectivity index (χ0n) is 14.2. The molecule has 2 rings (SSSR count). The Balaban J connectivity index is 2.47. The van der Waals surface area contributed by atoms with Crippen molar-refractivity contribution in [2.24, 2.45) is 0 Å². The van der Waals surface area contributed by atoms with E-state index in [-0.39, 0.29) is 11.0 Å². The third kappa shape index (κ3) is 3.37. The van der Waals surface area contributed by atoms with Crippen molar-refractivity contribution in [1.29, 1.82) is 0 Å². The molecule has 0 spiro atoms. The van der Waals surface area contributed by atoms with Gasteiger partial charge in [0.1, 0.15) is 0 Å². The van der Waals surface area contributed by atoms with E-state index in [0.29, 0.717) is 0 Å². The summed E-state index contributed by atoms with van der Waals surface area (Å²) in [4.78, 5) is 0. The van der Waals surface area contributed by atoms with Gasteiger partial charge in [-0.1, -0.05) is 57.2 Å². The van der Waals surface area contributed by atoms with Crippen molar-refractivity contribution in [2.75, 3.05) is 0 Å². The average molecular weight is 302 g/mol. The van der Waals surface area contributed by atoms with Gasteiger partial charge in [-0.2, -0.15) is 0 Å². The molecule has 0 aliphatic rings. The van der Waals surface area contributed by atoms with Crippen LogP contribution in [-0.2, 0) is 11.3 Å². The lowest BCUT2D eigenvalue weighted by molar-refractivity contribution is 0.0175. The molecule has 22 heavy (non-hydrogen) atoms. The molecule has 2 aromatic carbocycles. The Morgan fingerprint density at radius 2 is 1.18 bits per heavy atom. The highest BCUT2D eigenvalue weighted by Gasteiger charge is 2.24.